The lowest BCUT2D eigenvalue weighted by atomic mass is 10.2. The van der Waals surface area contributed by atoms with Crippen molar-refractivity contribution in [3.8, 4) is 22.5 Å². The number of rotatable bonds is 7. The molecule has 0 bridgehead atoms. The van der Waals surface area contributed by atoms with Crippen LogP contribution in [0.5, 0.6) is 0 Å². The molecule has 0 saturated carbocycles. The van der Waals surface area contributed by atoms with E-state index in [1.54, 1.807) is 12.1 Å². The molecule has 2 aromatic heterocycles. The molecule has 0 aliphatic rings. The van der Waals surface area contributed by atoms with Crippen molar-refractivity contribution >= 4 is 19.0 Å². The summed E-state index contributed by atoms with van der Waals surface area (Å²) in [4.78, 5) is 18.6. The summed E-state index contributed by atoms with van der Waals surface area (Å²) in [7, 11) is -3.23. The molecule has 154 valence electrons. The van der Waals surface area contributed by atoms with E-state index in [1.807, 2.05) is 60.7 Å². The van der Waals surface area contributed by atoms with Crippen LogP contribution in [0.4, 0.5) is 8.63 Å². The molecule has 0 aliphatic carbocycles. The Balaban J connectivity index is 1.68. The highest BCUT2D eigenvalue weighted by molar-refractivity contribution is 6.36. The Labute approximate surface area is 177 Å². The summed E-state index contributed by atoms with van der Waals surface area (Å²) in [6.07, 6.45) is 0. The standard InChI is InChI=1S/C23H17BF2N2O3/c25-24(26)31-23(20-14-12-18(28-20)16-9-5-2-6-10-16)22(30)21(29)19-13-11-17(27-19)15-7-3-1-4-8-15/h1-14,27-28,30H/b23-22+. The number of ketones is 1. The summed E-state index contributed by atoms with van der Waals surface area (Å²) in [6, 6.07) is 24.7. The van der Waals surface area contributed by atoms with Crippen molar-refractivity contribution in [1.82, 2.24) is 9.97 Å². The van der Waals surface area contributed by atoms with Gasteiger partial charge in [0.05, 0.1) is 11.4 Å². The third-order valence-electron chi connectivity index (χ3n) is 4.67. The Morgan fingerprint density at radius 3 is 1.74 bits per heavy atom. The summed E-state index contributed by atoms with van der Waals surface area (Å²) < 4.78 is 30.6. The van der Waals surface area contributed by atoms with E-state index in [-0.39, 0.29) is 11.4 Å². The second-order valence-electron chi connectivity index (χ2n) is 6.69. The Hall–Kier alpha value is -4.07. The number of benzene rings is 2. The van der Waals surface area contributed by atoms with Crippen LogP contribution in [0.15, 0.2) is 90.7 Å². The Morgan fingerprint density at radius 2 is 1.23 bits per heavy atom. The monoisotopic (exact) mass is 418 g/mol. The lowest BCUT2D eigenvalue weighted by Crippen LogP contribution is -2.12. The van der Waals surface area contributed by atoms with Crippen LogP contribution in [0, 0.1) is 0 Å². The van der Waals surface area contributed by atoms with Crippen molar-refractivity contribution < 1.29 is 23.2 Å². The van der Waals surface area contributed by atoms with Gasteiger partial charge in [-0.15, -0.1) is 0 Å². The number of aliphatic hydroxyl groups excluding tert-OH is 1. The fourth-order valence-corrected chi connectivity index (χ4v) is 3.19. The topological polar surface area (TPSA) is 78.1 Å². The first-order valence-electron chi connectivity index (χ1n) is 9.45. The van der Waals surface area contributed by atoms with Crippen LogP contribution in [0.2, 0.25) is 0 Å². The molecule has 5 nitrogen and oxygen atoms in total. The number of allylic oxidation sites excluding steroid dienone is 1. The average Bonchev–Trinajstić information content (AvgIpc) is 3.48. The summed E-state index contributed by atoms with van der Waals surface area (Å²) in [5, 5.41) is 10.5. The normalized spacial score (nSPS) is 11.7. The van der Waals surface area contributed by atoms with E-state index in [1.165, 1.54) is 12.1 Å². The van der Waals surface area contributed by atoms with Crippen LogP contribution in [0.25, 0.3) is 28.3 Å². The van der Waals surface area contributed by atoms with E-state index in [9.17, 15) is 18.5 Å². The minimum absolute atomic E-state index is 0.0431. The number of H-pyrrole nitrogens is 2. The molecule has 0 fully saturated rings. The van der Waals surface area contributed by atoms with E-state index in [0.717, 1.165) is 11.1 Å². The number of carbonyl (C=O) groups excluding carboxylic acids is 1. The largest absolute Gasteiger partial charge is 0.796 e. The molecule has 2 aromatic carbocycles. The highest BCUT2D eigenvalue weighted by Crippen LogP contribution is 2.27. The van der Waals surface area contributed by atoms with Gasteiger partial charge >= 0.3 is 7.47 Å². The number of aromatic amines is 2. The molecular formula is C23H17BF2N2O3. The van der Waals surface area contributed by atoms with Crippen LogP contribution in [0.3, 0.4) is 0 Å². The van der Waals surface area contributed by atoms with Crippen LogP contribution in [0.1, 0.15) is 16.2 Å². The summed E-state index contributed by atoms with van der Waals surface area (Å²) in [5.41, 5.74) is 3.02. The molecule has 0 aliphatic heterocycles. The minimum atomic E-state index is -3.23. The number of Topliss-reactive ketones (excluding diaryl/α,β-unsaturated/α-hetero) is 1. The van der Waals surface area contributed by atoms with Crippen LogP contribution in [-0.2, 0) is 4.65 Å². The van der Waals surface area contributed by atoms with Gasteiger partial charge in [0.25, 0.3) is 0 Å². The second-order valence-corrected chi connectivity index (χ2v) is 6.69. The van der Waals surface area contributed by atoms with Crippen molar-refractivity contribution in [1.29, 1.82) is 0 Å². The predicted octanol–water partition coefficient (Wildman–Crippen LogP) is 5.73. The van der Waals surface area contributed by atoms with E-state index in [2.05, 4.69) is 14.6 Å². The molecule has 0 radical (unpaired) electrons. The average molecular weight is 418 g/mol. The summed E-state index contributed by atoms with van der Waals surface area (Å²) >= 11 is 0. The Bertz CT molecular complexity index is 1220. The molecule has 8 heteroatoms. The van der Waals surface area contributed by atoms with Gasteiger partial charge in [-0.25, -0.2) is 8.63 Å². The molecule has 31 heavy (non-hydrogen) atoms. The highest BCUT2D eigenvalue weighted by Gasteiger charge is 2.28. The Kier molecular flexibility index (Phi) is 5.70. The van der Waals surface area contributed by atoms with Crippen LogP contribution >= 0.6 is 0 Å². The van der Waals surface area contributed by atoms with E-state index in [0.29, 0.717) is 11.4 Å². The zero-order chi connectivity index (χ0) is 21.8. The molecule has 0 unspecified atom stereocenters. The maximum absolute atomic E-state index is 13.1. The van der Waals surface area contributed by atoms with Gasteiger partial charge in [0.15, 0.2) is 5.76 Å². The maximum atomic E-state index is 13.1. The zero-order valence-corrected chi connectivity index (χ0v) is 16.2. The fourth-order valence-electron chi connectivity index (χ4n) is 3.19. The molecule has 0 spiro atoms. The van der Waals surface area contributed by atoms with Crippen molar-refractivity contribution in [3.63, 3.8) is 0 Å². The Morgan fingerprint density at radius 1 is 0.742 bits per heavy atom. The number of nitrogens with one attached hydrogen (secondary N) is 2. The lowest BCUT2D eigenvalue weighted by Gasteiger charge is -2.09. The van der Waals surface area contributed by atoms with Crippen molar-refractivity contribution in [2.24, 2.45) is 0 Å². The minimum Gasteiger partial charge on any atom is -0.501 e. The van der Waals surface area contributed by atoms with Gasteiger partial charge in [-0.2, -0.15) is 0 Å². The van der Waals surface area contributed by atoms with Crippen molar-refractivity contribution in [2.75, 3.05) is 0 Å². The summed E-state index contributed by atoms with van der Waals surface area (Å²) in [5.74, 6) is -2.42. The highest BCUT2D eigenvalue weighted by atomic mass is 19.2. The predicted molar refractivity (Wildman–Crippen MR) is 115 cm³/mol. The number of aromatic nitrogens is 2. The van der Waals surface area contributed by atoms with Gasteiger partial charge in [-0.05, 0) is 35.4 Å². The molecule has 4 rings (SSSR count). The maximum Gasteiger partial charge on any atom is 0.796 e. The molecular weight excluding hydrogens is 401 g/mol. The first-order chi connectivity index (χ1) is 15.0. The van der Waals surface area contributed by atoms with Gasteiger partial charge in [0, 0.05) is 11.4 Å². The number of aliphatic hydroxyl groups is 1. The smallest absolute Gasteiger partial charge is 0.501 e. The zero-order valence-electron chi connectivity index (χ0n) is 16.2. The number of hydrogen-bond donors (Lipinski definition) is 3. The SMILES string of the molecule is O=C(/C(O)=C(\OB(F)F)c1ccc(-c2ccccc2)[nH]1)c1ccc(-c2ccccc2)[nH]1. The van der Waals surface area contributed by atoms with Gasteiger partial charge in [0.1, 0.15) is 0 Å². The summed E-state index contributed by atoms with van der Waals surface area (Å²) in [6.45, 7) is 0. The second kappa shape index (κ2) is 8.75. The van der Waals surface area contributed by atoms with E-state index < -0.39 is 24.8 Å². The molecule has 3 N–H and O–H groups in total. The van der Waals surface area contributed by atoms with E-state index in [4.69, 9.17) is 0 Å². The molecule has 4 aromatic rings. The van der Waals surface area contributed by atoms with Crippen molar-refractivity contribution in [2.45, 2.75) is 0 Å². The first-order valence-corrected chi connectivity index (χ1v) is 9.45. The number of carbonyl (C=O) groups is 1. The molecule has 0 amide bonds. The number of halogens is 2. The first kappa shape index (κ1) is 20.2. The van der Waals surface area contributed by atoms with Gasteiger partial charge < -0.3 is 19.7 Å². The van der Waals surface area contributed by atoms with Gasteiger partial charge in [-0.1, -0.05) is 60.7 Å². The van der Waals surface area contributed by atoms with Gasteiger partial charge in [0.2, 0.25) is 11.5 Å². The molecule has 2 heterocycles. The lowest BCUT2D eigenvalue weighted by molar-refractivity contribution is 0.0970. The van der Waals surface area contributed by atoms with Crippen molar-refractivity contribution in [3.05, 3.63) is 102 Å². The molecule has 0 atom stereocenters. The van der Waals surface area contributed by atoms with Crippen LogP contribution in [-0.4, -0.2) is 28.3 Å². The van der Waals surface area contributed by atoms with E-state index >= 15 is 0 Å². The molecule has 0 saturated heterocycles. The quantitative estimate of drug-likeness (QED) is 0.155. The third kappa shape index (κ3) is 4.43. The number of hydrogen-bond acceptors (Lipinski definition) is 3. The fraction of sp³-hybridized carbons (Fsp3) is 0. The van der Waals surface area contributed by atoms with Gasteiger partial charge in [-0.3, -0.25) is 4.79 Å². The van der Waals surface area contributed by atoms with Crippen LogP contribution < -0.4 is 0 Å². The third-order valence-corrected chi connectivity index (χ3v) is 4.67.